The summed E-state index contributed by atoms with van der Waals surface area (Å²) in [5.74, 6) is 0.978. The highest BCUT2D eigenvalue weighted by atomic mass is 32.2. The number of hydrogen-bond acceptors (Lipinski definition) is 3. The van der Waals surface area contributed by atoms with Crippen LogP contribution in [-0.2, 0) is 6.42 Å². The summed E-state index contributed by atoms with van der Waals surface area (Å²) in [5, 5.41) is 5.18. The van der Waals surface area contributed by atoms with Gasteiger partial charge < -0.3 is 10.1 Å². The second kappa shape index (κ2) is 8.09. The maximum atomic E-state index is 5.44. The van der Waals surface area contributed by atoms with Crippen molar-refractivity contribution in [3.63, 3.8) is 0 Å². The fraction of sp³-hybridized carbons (Fsp3) is 0.667. The molecule has 1 aromatic rings. The quantitative estimate of drug-likeness (QED) is 0.796. The van der Waals surface area contributed by atoms with Crippen LogP contribution in [0.3, 0.4) is 0 Å². The van der Waals surface area contributed by atoms with E-state index in [4.69, 9.17) is 4.74 Å². The van der Waals surface area contributed by atoms with Crippen molar-refractivity contribution in [2.75, 3.05) is 13.7 Å². The Morgan fingerprint density at radius 3 is 2.86 bits per heavy atom. The summed E-state index contributed by atoms with van der Waals surface area (Å²) in [6, 6.07) is 7.05. The van der Waals surface area contributed by atoms with Crippen LogP contribution >= 0.6 is 11.8 Å². The largest absolute Gasteiger partial charge is 0.497 e. The minimum Gasteiger partial charge on any atom is -0.497 e. The minimum atomic E-state index is 0.461. The van der Waals surface area contributed by atoms with Crippen LogP contribution in [-0.4, -0.2) is 24.2 Å². The predicted octanol–water partition coefficient (Wildman–Crippen LogP) is 4.58. The zero-order valence-corrected chi connectivity index (χ0v) is 14.6. The predicted molar refractivity (Wildman–Crippen MR) is 93.5 cm³/mol. The highest BCUT2D eigenvalue weighted by Gasteiger charge is 2.30. The normalized spacial score (nSPS) is 22.7. The molecule has 2 rings (SSSR count). The smallest absolute Gasteiger partial charge is 0.119 e. The Labute approximate surface area is 134 Å². The number of hydrogen-bond donors (Lipinski definition) is 1. The van der Waals surface area contributed by atoms with Crippen LogP contribution in [0.1, 0.15) is 57.2 Å². The molecule has 0 spiro atoms. The molecule has 1 aliphatic rings. The maximum absolute atomic E-state index is 5.44. The fourth-order valence-corrected chi connectivity index (χ4v) is 4.41. The molecule has 0 amide bonds. The van der Waals surface area contributed by atoms with E-state index in [0.29, 0.717) is 11.3 Å². The molecule has 0 fully saturated rings. The number of ether oxygens (including phenoxy) is 1. The fourth-order valence-electron chi connectivity index (χ4n) is 2.96. The molecule has 21 heavy (non-hydrogen) atoms. The minimum absolute atomic E-state index is 0.461. The van der Waals surface area contributed by atoms with Gasteiger partial charge in [0.25, 0.3) is 0 Å². The molecule has 0 saturated heterocycles. The van der Waals surface area contributed by atoms with Gasteiger partial charge in [0.15, 0.2) is 0 Å². The topological polar surface area (TPSA) is 21.3 Å². The van der Waals surface area contributed by atoms with Gasteiger partial charge in [0.05, 0.1) is 7.11 Å². The number of benzene rings is 1. The Kier molecular flexibility index (Phi) is 6.43. The Hall–Kier alpha value is -0.670. The molecular formula is C18H29NOS. The van der Waals surface area contributed by atoms with E-state index in [1.165, 1.54) is 36.8 Å². The standard InChI is InChI=1S/C18H29NOS/c1-5-11-19-18-16-12-15(20-4)9-7-14(16)8-10-17(18)21-13(3)6-2/h7,9,12-13,17-19H,5-6,8,10-11H2,1-4H3. The van der Waals surface area contributed by atoms with Crippen LogP contribution in [0.5, 0.6) is 5.75 Å². The van der Waals surface area contributed by atoms with Gasteiger partial charge in [0, 0.05) is 16.5 Å². The zero-order valence-electron chi connectivity index (χ0n) is 13.8. The van der Waals surface area contributed by atoms with E-state index in [0.717, 1.165) is 17.5 Å². The highest BCUT2D eigenvalue weighted by Crippen LogP contribution is 2.40. The van der Waals surface area contributed by atoms with Crippen molar-refractivity contribution < 1.29 is 4.74 Å². The van der Waals surface area contributed by atoms with Crippen molar-refractivity contribution in [2.45, 2.75) is 63.0 Å². The van der Waals surface area contributed by atoms with Gasteiger partial charge in [-0.05, 0) is 55.5 Å². The van der Waals surface area contributed by atoms with Gasteiger partial charge in [-0.25, -0.2) is 0 Å². The molecule has 2 nitrogen and oxygen atoms in total. The summed E-state index contributed by atoms with van der Waals surface area (Å²) in [4.78, 5) is 0. The Morgan fingerprint density at radius 1 is 1.38 bits per heavy atom. The van der Waals surface area contributed by atoms with E-state index in [2.05, 4.69) is 56.0 Å². The van der Waals surface area contributed by atoms with Crippen molar-refractivity contribution in [2.24, 2.45) is 0 Å². The number of thioether (sulfide) groups is 1. The van der Waals surface area contributed by atoms with Gasteiger partial charge in [-0.3, -0.25) is 0 Å². The van der Waals surface area contributed by atoms with Gasteiger partial charge >= 0.3 is 0 Å². The van der Waals surface area contributed by atoms with Gasteiger partial charge in [0.2, 0.25) is 0 Å². The van der Waals surface area contributed by atoms with Crippen LogP contribution in [0.2, 0.25) is 0 Å². The van der Waals surface area contributed by atoms with Crippen LogP contribution < -0.4 is 10.1 Å². The molecule has 0 bridgehead atoms. The first-order valence-electron chi connectivity index (χ1n) is 8.25. The lowest BCUT2D eigenvalue weighted by Gasteiger charge is -2.35. The summed E-state index contributed by atoms with van der Waals surface area (Å²) in [6.07, 6.45) is 4.89. The third kappa shape index (κ3) is 4.17. The molecule has 1 aliphatic carbocycles. The van der Waals surface area contributed by atoms with Crippen LogP contribution in [0.15, 0.2) is 18.2 Å². The van der Waals surface area contributed by atoms with Crippen LogP contribution in [0.25, 0.3) is 0 Å². The second-order valence-corrected chi connectivity index (χ2v) is 7.61. The monoisotopic (exact) mass is 307 g/mol. The first-order valence-corrected chi connectivity index (χ1v) is 9.19. The van der Waals surface area contributed by atoms with Gasteiger partial charge in [-0.1, -0.05) is 26.8 Å². The lowest BCUT2D eigenvalue weighted by molar-refractivity contribution is 0.409. The van der Waals surface area contributed by atoms with E-state index in [9.17, 15) is 0 Å². The SMILES string of the molecule is CCCNC1c2cc(OC)ccc2CCC1SC(C)CC. The van der Waals surface area contributed by atoms with E-state index < -0.39 is 0 Å². The number of fused-ring (bicyclic) bond motifs is 1. The molecule has 118 valence electrons. The summed E-state index contributed by atoms with van der Waals surface area (Å²) in [5.41, 5.74) is 2.94. The molecular weight excluding hydrogens is 278 g/mol. The first-order chi connectivity index (χ1) is 10.2. The van der Waals surface area contributed by atoms with E-state index in [1.807, 2.05) is 0 Å². The summed E-state index contributed by atoms with van der Waals surface area (Å²) < 4.78 is 5.44. The molecule has 0 aromatic heterocycles. The lowest BCUT2D eigenvalue weighted by atomic mass is 9.87. The lowest BCUT2D eigenvalue weighted by Crippen LogP contribution is -2.35. The van der Waals surface area contributed by atoms with Crippen molar-refractivity contribution >= 4 is 11.8 Å². The van der Waals surface area contributed by atoms with Crippen molar-refractivity contribution in [1.82, 2.24) is 5.32 Å². The van der Waals surface area contributed by atoms with Crippen molar-refractivity contribution in [3.05, 3.63) is 29.3 Å². The average Bonchev–Trinajstić information content (AvgIpc) is 2.52. The summed E-state index contributed by atoms with van der Waals surface area (Å²) in [7, 11) is 1.75. The molecule has 3 unspecified atom stereocenters. The van der Waals surface area contributed by atoms with E-state index in [1.54, 1.807) is 7.11 Å². The van der Waals surface area contributed by atoms with Gasteiger partial charge in [0.1, 0.15) is 5.75 Å². The molecule has 0 heterocycles. The van der Waals surface area contributed by atoms with Gasteiger partial charge in [-0.15, -0.1) is 0 Å². The first kappa shape index (κ1) is 16.7. The number of aryl methyl sites for hydroxylation is 1. The third-order valence-corrected chi connectivity index (χ3v) is 6.01. The van der Waals surface area contributed by atoms with Crippen molar-refractivity contribution in [1.29, 1.82) is 0 Å². The van der Waals surface area contributed by atoms with Crippen LogP contribution in [0.4, 0.5) is 0 Å². The number of nitrogens with one attached hydrogen (secondary N) is 1. The summed E-state index contributed by atoms with van der Waals surface area (Å²) >= 11 is 2.15. The van der Waals surface area contributed by atoms with Gasteiger partial charge in [-0.2, -0.15) is 11.8 Å². The highest BCUT2D eigenvalue weighted by molar-refractivity contribution is 8.00. The molecule has 3 heteroatoms. The Balaban J connectivity index is 2.24. The number of rotatable bonds is 7. The molecule has 0 radical (unpaired) electrons. The van der Waals surface area contributed by atoms with E-state index >= 15 is 0 Å². The average molecular weight is 308 g/mol. The molecule has 0 aliphatic heterocycles. The Morgan fingerprint density at radius 2 is 2.19 bits per heavy atom. The molecule has 1 aromatic carbocycles. The second-order valence-electron chi connectivity index (χ2n) is 5.93. The molecule has 0 saturated carbocycles. The van der Waals surface area contributed by atoms with Crippen molar-refractivity contribution in [3.8, 4) is 5.75 Å². The Bertz CT molecular complexity index is 449. The zero-order chi connectivity index (χ0) is 15.2. The number of methoxy groups -OCH3 is 1. The molecule has 1 N–H and O–H groups in total. The molecule has 3 atom stereocenters. The van der Waals surface area contributed by atoms with Crippen LogP contribution in [0, 0.1) is 0 Å². The summed E-state index contributed by atoms with van der Waals surface area (Å²) in [6.45, 7) is 7.95. The third-order valence-electron chi connectivity index (χ3n) is 4.35. The maximum Gasteiger partial charge on any atom is 0.119 e. The van der Waals surface area contributed by atoms with E-state index in [-0.39, 0.29) is 0 Å².